The fourth-order valence-electron chi connectivity index (χ4n) is 7.54. The van der Waals surface area contributed by atoms with E-state index in [1.165, 1.54) is 48.5 Å². The van der Waals surface area contributed by atoms with Crippen molar-refractivity contribution in [2.24, 2.45) is 0 Å². The number of benzene rings is 4. The molecule has 297 valence electrons. The molecule has 0 unspecified atom stereocenters. The molecule has 5 heterocycles. The number of carboxylic acid groups (broad SMARTS) is 4. The van der Waals surface area contributed by atoms with E-state index in [4.69, 9.17) is 9.97 Å². The van der Waals surface area contributed by atoms with Crippen molar-refractivity contribution in [3.63, 3.8) is 0 Å². The first-order valence-electron chi connectivity index (χ1n) is 18.5. The van der Waals surface area contributed by atoms with Gasteiger partial charge in [0, 0.05) is 44.3 Å². The standard InChI is InChI=1S/C48H30N4O8.Co/c53-45(54)29-9-1-25(2-10-29)41-33-17-19-35(49-33)42(26-3-11-30(12-4-26)46(55)56)37-21-23-39(51-37)44(28-7-15-32(16-8-28)48(59)60)40-24-22-38(52-40)43(36-20-18-34(41)50-36)27-5-13-31(14-6-27)47(57)58;/h1-24,49-50H,(H,53,54)(H,55,56)(H,57,58)(H,59,60);/q;+2. The van der Waals surface area contributed by atoms with E-state index in [9.17, 15) is 39.6 Å². The van der Waals surface area contributed by atoms with E-state index in [2.05, 4.69) is 9.97 Å². The number of carbonyl (C=O) groups is 4. The average Bonchev–Trinajstić information content (AvgIpc) is 4.10. The van der Waals surface area contributed by atoms with Crippen LogP contribution in [0.4, 0.5) is 0 Å². The fraction of sp³-hybridized carbons (Fsp3) is 0. The Hall–Kier alpha value is -8.13. The molecular weight excluding hydrogens is 819 g/mol. The second-order valence-corrected chi connectivity index (χ2v) is 14.0. The molecule has 61 heavy (non-hydrogen) atoms. The SMILES string of the molecule is O=C(O)c1ccc(-c2c3nc(c(-c4ccc(C(=O)O)cc4)c4ccc([nH]4)c(-c4ccc(C(=O)O)cc4)c4ccc([nH]4)c(-c4ccc(C(=O)O)cc4)c4nc2C=C4)C=C3)cc1.[Co+2]. The van der Waals surface area contributed by atoms with Gasteiger partial charge in [0.25, 0.3) is 0 Å². The van der Waals surface area contributed by atoms with Gasteiger partial charge in [0.2, 0.25) is 0 Å². The first-order chi connectivity index (χ1) is 29.0. The summed E-state index contributed by atoms with van der Waals surface area (Å²) in [7, 11) is 0. The summed E-state index contributed by atoms with van der Waals surface area (Å²) < 4.78 is 0. The van der Waals surface area contributed by atoms with Crippen LogP contribution in [0, 0.1) is 0 Å². The number of nitrogens with one attached hydrogen (secondary N) is 2. The molecule has 9 rings (SSSR count). The molecule has 0 saturated heterocycles. The summed E-state index contributed by atoms with van der Waals surface area (Å²) in [5.74, 6) is -4.25. The molecule has 0 spiro atoms. The van der Waals surface area contributed by atoms with Crippen LogP contribution in [0.2, 0.25) is 0 Å². The van der Waals surface area contributed by atoms with Crippen LogP contribution in [-0.2, 0) is 16.8 Å². The van der Waals surface area contributed by atoms with Crippen LogP contribution in [0.15, 0.2) is 121 Å². The van der Waals surface area contributed by atoms with Crippen LogP contribution in [-0.4, -0.2) is 64.2 Å². The monoisotopic (exact) mass is 849 g/mol. The first kappa shape index (κ1) is 39.7. The minimum absolute atomic E-state index is 0. The van der Waals surface area contributed by atoms with Crippen molar-refractivity contribution in [2.45, 2.75) is 0 Å². The average molecular weight is 850 g/mol. The number of aromatic nitrogens is 4. The summed E-state index contributed by atoms with van der Waals surface area (Å²) in [6, 6.07) is 33.6. The Morgan fingerprint density at radius 3 is 0.836 bits per heavy atom. The molecule has 12 nitrogen and oxygen atoms in total. The number of rotatable bonds is 8. The zero-order valence-electron chi connectivity index (χ0n) is 31.5. The Balaban J connectivity index is 0.00000514. The Bertz CT molecular complexity index is 3030. The van der Waals surface area contributed by atoms with Crippen molar-refractivity contribution in [1.82, 2.24) is 19.9 Å². The third-order valence-corrected chi connectivity index (χ3v) is 10.4. The summed E-state index contributed by atoms with van der Waals surface area (Å²) in [4.78, 5) is 64.8. The Kier molecular flexibility index (Phi) is 10.3. The normalized spacial score (nSPS) is 11.5. The van der Waals surface area contributed by atoms with Gasteiger partial charge >= 0.3 is 40.7 Å². The third kappa shape index (κ3) is 7.42. The molecule has 1 radical (unpaired) electrons. The summed E-state index contributed by atoms with van der Waals surface area (Å²) in [6.07, 6.45) is 7.42. The molecule has 3 aromatic heterocycles. The molecule has 0 amide bonds. The van der Waals surface area contributed by atoms with E-state index in [1.807, 2.05) is 48.6 Å². The molecule has 13 heteroatoms. The van der Waals surface area contributed by atoms with Crippen LogP contribution in [0.3, 0.4) is 0 Å². The third-order valence-electron chi connectivity index (χ3n) is 10.4. The topological polar surface area (TPSA) is 207 Å². The Morgan fingerprint density at radius 1 is 0.328 bits per heavy atom. The number of carboxylic acids is 4. The van der Waals surface area contributed by atoms with Crippen molar-refractivity contribution < 1.29 is 56.4 Å². The van der Waals surface area contributed by atoms with Crippen molar-refractivity contribution in [1.29, 1.82) is 0 Å². The minimum atomic E-state index is -1.07. The van der Waals surface area contributed by atoms with Crippen molar-refractivity contribution in [3.8, 4) is 44.5 Å². The second-order valence-electron chi connectivity index (χ2n) is 14.0. The molecule has 0 fully saturated rings. The number of H-pyrrole nitrogens is 2. The largest absolute Gasteiger partial charge is 2.00 e. The smallest absolute Gasteiger partial charge is 0.478 e. The van der Waals surface area contributed by atoms with E-state index in [1.54, 1.807) is 48.5 Å². The van der Waals surface area contributed by atoms with Crippen LogP contribution in [0.25, 0.3) is 90.9 Å². The van der Waals surface area contributed by atoms with Crippen LogP contribution >= 0.6 is 0 Å². The van der Waals surface area contributed by atoms with Gasteiger partial charge in [0.1, 0.15) is 0 Å². The molecule has 7 aromatic rings. The summed E-state index contributed by atoms with van der Waals surface area (Å²) >= 11 is 0. The molecule has 2 aliphatic rings. The van der Waals surface area contributed by atoms with Gasteiger partial charge in [0.15, 0.2) is 0 Å². The first-order valence-corrected chi connectivity index (χ1v) is 18.5. The van der Waals surface area contributed by atoms with Crippen molar-refractivity contribution >= 4 is 70.2 Å². The van der Waals surface area contributed by atoms with Crippen LogP contribution in [0.1, 0.15) is 64.2 Å². The van der Waals surface area contributed by atoms with E-state index in [0.29, 0.717) is 89.4 Å². The molecule has 4 aromatic carbocycles. The second kappa shape index (κ2) is 15.9. The molecular formula is C48H30CoN4O8+2. The predicted octanol–water partition coefficient (Wildman–Crippen LogP) is 10.1. The fourth-order valence-corrected chi connectivity index (χ4v) is 7.54. The Morgan fingerprint density at radius 2 is 0.557 bits per heavy atom. The minimum Gasteiger partial charge on any atom is -0.478 e. The van der Waals surface area contributed by atoms with Gasteiger partial charge in [-0.3, -0.25) is 0 Å². The van der Waals surface area contributed by atoms with Gasteiger partial charge < -0.3 is 30.4 Å². The van der Waals surface area contributed by atoms with Gasteiger partial charge in [-0.05, 0) is 119 Å². The van der Waals surface area contributed by atoms with Gasteiger partial charge in [-0.2, -0.15) is 0 Å². The maximum atomic E-state index is 11.8. The van der Waals surface area contributed by atoms with Gasteiger partial charge in [0.05, 0.1) is 45.0 Å². The number of fused-ring (bicyclic) bond motifs is 8. The molecule has 6 N–H and O–H groups in total. The zero-order chi connectivity index (χ0) is 41.7. The van der Waals surface area contributed by atoms with Crippen molar-refractivity contribution in [3.05, 3.63) is 166 Å². The van der Waals surface area contributed by atoms with E-state index in [0.717, 1.165) is 0 Å². The van der Waals surface area contributed by atoms with Crippen LogP contribution in [0.5, 0.6) is 0 Å². The number of hydrogen-bond acceptors (Lipinski definition) is 6. The maximum Gasteiger partial charge on any atom is 2.00 e. The molecule has 0 aliphatic carbocycles. The van der Waals surface area contributed by atoms with Gasteiger partial charge in [-0.15, -0.1) is 0 Å². The molecule has 0 atom stereocenters. The van der Waals surface area contributed by atoms with E-state index in [-0.39, 0.29) is 39.0 Å². The number of aromatic carboxylic acids is 4. The van der Waals surface area contributed by atoms with Crippen LogP contribution < -0.4 is 0 Å². The summed E-state index contributed by atoms with van der Waals surface area (Å²) in [5, 5.41) is 38.7. The maximum absolute atomic E-state index is 11.8. The summed E-state index contributed by atoms with van der Waals surface area (Å²) in [6.45, 7) is 0. The zero-order valence-corrected chi connectivity index (χ0v) is 32.5. The van der Waals surface area contributed by atoms with Crippen molar-refractivity contribution in [2.75, 3.05) is 0 Å². The van der Waals surface area contributed by atoms with E-state index < -0.39 is 23.9 Å². The number of aromatic amines is 2. The number of hydrogen-bond donors (Lipinski definition) is 6. The molecule has 2 aliphatic heterocycles. The van der Waals surface area contributed by atoms with E-state index >= 15 is 0 Å². The van der Waals surface area contributed by atoms with Gasteiger partial charge in [-0.25, -0.2) is 29.1 Å². The quantitative estimate of drug-likeness (QED) is 0.0853. The Labute approximate surface area is 356 Å². The molecule has 8 bridgehead atoms. The molecule has 0 saturated carbocycles. The predicted molar refractivity (Wildman–Crippen MR) is 228 cm³/mol. The van der Waals surface area contributed by atoms with Gasteiger partial charge in [-0.1, -0.05) is 48.5 Å². The number of nitrogens with zero attached hydrogens (tertiary/aromatic N) is 2. The summed E-state index contributed by atoms with van der Waals surface area (Å²) in [5.41, 5.74) is 10.7.